The van der Waals surface area contributed by atoms with Crippen LogP contribution in [0.1, 0.15) is 12.1 Å². The minimum absolute atomic E-state index is 0.0682. The zero-order valence-electron chi connectivity index (χ0n) is 9.94. The first-order valence-electron chi connectivity index (χ1n) is 5.75. The molecule has 8 heteroatoms. The van der Waals surface area contributed by atoms with Crippen LogP contribution in [0, 0.1) is 5.92 Å². The Morgan fingerprint density at radius 2 is 2.11 bits per heavy atom. The van der Waals surface area contributed by atoms with Crippen molar-refractivity contribution < 1.29 is 21.6 Å². The highest BCUT2D eigenvalue weighted by atomic mass is 32.2. The van der Waals surface area contributed by atoms with Gasteiger partial charge >= 0.3 is 6.18 Å². The van der Waals surface area contributed by atoms with E-state index in [9.17, 15) is 21.6 Å². The molecule has 1 aromatic heterocycles. The Labute approximate surface area is 109 Å². The third-order valence-corrected chi connectivity index (χ3v) is 4.78. The molecule has 1 N–H and O–H groups in total. The van der Waals surface area contributed by atoms with Crippen LogP contribution in [0.25, 0.3) is 0 Å². The summed E-state index contributed by atoms with van der Waals surface area (Å²) in [6, 6.07) is 3.59. The molecule has 0 amide bonds. The van der Waals surface area contributed by atoms with Gasteiger partial charge in [-0.15, -0.1) is 0 Å². The van der Waals surface area contributed by atoms with Crippen LogP contribution in [0.3, 0.4) is 0 Å². The van der Waals surface area contributed by atoms with E-state index in [4.69, 9.17) is 0 Å². The molecule has 4 nitrogen and oxygen atoms in total. The first-order chi connectivity index (χ1) is 8.76. The molecule has 1 fully saturated rings. The molecule has 2 rings (SSSR count). The van der Waals surface area contributed by atoms with Crippen molar-refractivity contribution in [3.8, 4) is 0 Å². The molecular formula is C11H13F3N2O2S. The number of nitrogens with one attached hydrogen (secondary N) is 1. The van der Waals surface area contributed by atoms with Gasteiger partial charge < -0.3 is 5.32 Å². The molecule has 0 aliphatic carbocycles. The van der Waals surface area contributed by atoms with Gasteiger partial charge in [0.15, 0.2) is 9.84 Å². The first-order valence-corrected chi connectivity index (χ1v) is 7.57. The molecule has 1 aliphatic rings. The Kier molecular flexibility index (Phi) is 3.71. The summed E-state index contributed by atoms with van der Waals surface area (Å²) in [7, 11) is -2.97. The Bertz CT molecular complexity index is 557. The maximum atomic E-state index is 12.4. The van der Waals surface area contributed by atoms with Gasteiger partial charge in [0, 0.05) is 6.54 Å². The van der Waals surface area contributed by atoms with E-state index in [1.165, 1.54) is 12.1 Å². The van der Waals surface area contributed by atoms with Crippen LogP contribution in [-0.2, 0) is 16.0 Å². The van der Waals surface area contributed by atoms with Crippen molar-refractivity contribution in [2.45, 2.75) is 12.6 Å². The topological polar surface area (TPSA) is 59.1 Å². The maximum absolute atomic E-state index is 12.4. The van der Waals surface area contributed by atoms with Crippen LogP contribution in [0.5, 0.6) is 0 Å². The highest BCUT2D eigenvalue weighted by molar-refractivity contribution is 7.91. The van der Waals surface area contributed by atoms with Crippen molar-refractivity contribution in [2.75, 3.05) is 23.4 Å². The normalized spacial score (nSPS) is 22.4. The van der Waals surface area contributed by atoms with Crippen LogP contribution in [-0.4, -0.2) is 31.5 Å². The van der Waals surface area contributed by atoms with Gasteiger partial charge in [0.05, 0.1) is 11.5 Å². The summed E-state index contributed by atoms with van der Waals surface area (Å²) in [5, 5.41) is 2.76. The molecule has 1 atom stereocenters. The lowest BCUT2D eigenvalue weighted by Gasteiger charge is -2.12. The predicted molar refractivity (Wildman–Crippen MR) is 64.5 cm³/mol. The molecule has 1 unspecified atom stereocenters. The van der Waals surface area contributed by atoms with E-state index < -0.39 is 21.7 Å². The monoisotopic (exact) mass is 294 g/mol. The van der Waals surface area contributed by atoms with Crippen molar-refractivity contribution >= 4 is 15.7 Å². The number of sulfone groups is 1. The van der Waals surface area contributed by atoms with Gasteiger partial charge in [-0.2, -0.15) is 13.2 Å². The minimum Gasteiger partial charge on any atom is -0.370 e. The number of halogens is 3. The van der Waals surface area contributed by atoms with E-state index in [1.54, 1.807) is 0 Å². The number of hydrogen-bond donors (Lipinski definition) is 1. The summed E-state index contributed by atoms with van der Waals surface area (Å²) in [4.78, 5) is 3.46. The summed E-state index contributed by atoms with van der Waals surface area (Å²) in [5.41, 5.74) is -0.962. The fourth-order valence-corrected chi connectivity index (χ4v) is 3.83. The second-order valence-corrected chi connectivity index (χ2v) is 6.78. The smallest absolute Gasteiger partial charge is 0.370 e. The number of nitrogens with zero attached hydrogens (tertiary/aromatic N) is 1. The number of alkyl halides is 3. The Morgan fingerprint density at radius 3 is 2.68 bits per heavy atom. The number of pyridine rings is 1. The number of aromatic nitrogens is 1. The average Bonchev–Trinajstić information content (AvgIpc) is 2.66. The molecule has 0 spiro atoms. The van der Waals surface area contributed by atoms with Gasteiger partial charge in [0.2, 0.25) is 0 Å². The SMILES string of the molecule is O=S1(=O)CCC(CNc2cccc(C(F)(F)F)n2)C1. The number of rotatable bonds is 3. The Balaban J connectivity index is 1.97. The zero-order valence-corrected chi connectivity index (χ0v) is 10.8. The fraction of sp³-hybridized carbons (Fsp3) is 0.545. The molecule has 0 saturated carbocycles. The third kappa shape index (κ3) is 3.82. The van der Waals surface area contributed by atoms with E-state index in [0.29, 0.717) is 13.0 Å². The standard InChI is InChI=1S/C11H13F3N2O2S/c12-11(13,14)9-2-1-3-10(16-9)15-6-8-4-5-19(17,18)7-8/h1-3,8H,4-7H2,(H,15,16). The molecular weight excluding hydrogens is 281 g/mol. The zero-order chi connectivity index (χ0) is 14.1. The highest BCUT2D eigenvalue weighted by Gasteiger charge is 2.32. The largest absolute Gasteiger partial charge is 0.433 e. The molecule has 0 radical (unpaired) electrons. The molecule has 19 heavy (non-hydrogen) atoms. The summed E-state index contributed by atoms with van der Waals surface area (Å²) in [5.74, 6) is 0.273. The molecule has 1 aromatic rings. The minimum atomic E-state index is -4.48. The fourth-order valence-electron chi connectivity index (χ4n) is 1.97. The highest BCUT2D eigenvalue weighted by Crippen LogP contribution is 2.28. The van der Waals surface area contributed by atoms with Gasteiger partial charge in [-0.25, -0.2) is 13.4 Å². The summed E-state index contributed by atoms with van der Waals surface area (Å²) in [6.45, 7) is 0.313. The molecule has 0 bridgehead atoms. The van der Waals surface area contributed by atoms with Gasteiger partial charge in [0.25, 0.3) is 0 Å². The Hall–Kier alpha value is -1.31. The predicted octanol–water partition coefficient (Wildman–Crippen LogP) is 1.95. The molecule has 106 valence electrons. The van der Waals surface area contributed by atoms with Crippen molar-refractivity contribution in [2.24, 2.45) is 5.92 Å². The molecule has 1 saturated heterocycles. The van der Waals surface area contributed by atoms with E-state index in [-0.39, 0.29) is 23.2 Å². The van der Waals surface area contributed by atoms with Gasteiger partial charge in [-0.3, -0.25) is 0 Å². The molecule has 1 aliphatic heterocycles. The summed E-state index contributed by atoms with van der Waals surface area (Å²) >= 11 is 0. The van der Waals surface area contributed by atoms with E-state index in [2.05, 4.69) is 10.3 Å². The van der Waals surface area contributed by atoms with Crippen LogP contribution < -0.4 is 5.32 Å². The lowest BCUT2D eigenvalue weighted by molar-refractivity contribution is -0.141. The lowest BCUT2D eigenvalue weighted by atomic mass is 10.1. The number of anilines is 1. The van der Waals surface area contributed by atoms with Gasteiger partial charge in [0.1, 0.15) is 11.5 Å². The van der Waals surface area contributed by atoms with Gasteiger partial charge in [-0.1, -0.05) is 6.07 Å². The van der Waals surface area contributed by atoms with Crippen molar-refractivity contribution in [1.29, 1.82) is 0 Å². The third-order valence-electron chi connectivity index (χ3n) is 2.94. The summed E-state index contributed by atoms with van der Waals surface area (Å²) < 4.78 is 59.8. The summed E-state index contributed by atoms with van der Waals surface area (Å²) in [6.07, 6.45) is -3.94. The Morgan fingerprint density at radius 1 is 1.37 bits per heavy atom. The van der Waals surface area contributed by atoms with E-state index in [1.807, 2.05) is 0 Å². The number of hydrogen-bond acceptors (Lipinski definition) is 4. The molecule has 0 aromatic carbocycles. The van der Waals surface area contributed by atoms with Crippen LogP contribution >= 0.6 is 0 Å². The maximum Gasteiger partial charge on any atom is 0.433 e. The van der Waals surface area contributed by atoms with Crippen LogP contribution in [0.4, 0.5) is 19.0 Å². The van der Waals surface area contributed by atoms with Crippen molar-refractivity contribution in [1.82, 2.24) is 4.98 Å². The van der Waals surface area contributed by atoms with Crippen LogP contribution in [0.15, 0.2) is 18.2 Å². The molecule has 2 heterocycles. The second kappa shape index (κ2) is 4.99. The first kappa shape index (κ1) is 14.1. The van der Waals surface area contributed by atoms with Gasteiger partial charge in [-0.05, 0) is 24.5 Å². The van der Waals surface area contributed by atoms with Crippen LogP contribution in [0.2, 0.25) is 0 Å². The quantitative estimate of drug-likeness (QED) is 0.925. The lowest BCUT2D eigenvalue weighted by Crippen LogP contribution is -2.17. The average molecular weight is 294 g/mol. The van der Waals surface area contributed by atoms with E-state index >= 15 is 0 Å². The van der Waals surface area contributed by atoms with Crippen molar-refractivity contribution in [3.05, 3.63) is 23.9 Å². The van der Waals surface area contributed by atoms with E-state index in [0.717, 1.165) is 6.07 Å². The second-order valence-electron chi connectivity index (χ2n) is 4.56. The van der Waals surface area contributed by atoms with Crippen molar-refractivity contribution in [3.63, 3.8) is 0 Å².